The van der Waals surface area contributed by atoms with Gasteiger partial charge in [0.15, 0.2) is 0 Å². The Morgan fingerprint density at radius 2 is 1.68 bits per heavy atom. The van der Waals surface area contributed by atoms with Crippen LogP contribution in [0.1, 0.15) is 45.4 Å². The molecule has 0 radical (unpaired) electrons. The summed E-state index contributed by atoms with van der Waals surface area (Å²) in [5.41, 5.74) is -0.925. The Kier molecular flexibility index (Phi) is 2.86. The molecule has 3 fully saturated rings. The van der Waals surface area contributed by atoms with Crippen molar-refractivity contribution in [1.29, 1.82) is 5.26 Å². The van der Waals surface area contributed by atoms with E-state index in [-0.39, 0.29) is 11.8 Å². The van der Waals surface area contributed by atoms with Gasteiger partial charge in [-0.05, 0) is 44.4 Å². The van der Waals surface area contributed by atoms with Crippen LogP contribution in [0.3, 0.4) is 0 Å². The van der Waals surface area contributed by atoms with Crippen molar-refractivity contribution in [2.24, 2.45) is 5.92 Å². The summed E-state index contributed by atoms with van der Waals surface area (Å²) in [6, 6.07) is 2.27. The van der Waals surface area contributed by atoms with E-state index in [9.17, 15) is 14.9 Å². The van der Waals surface area contributed by atoms with Gasteiger partial charge >= 0.3 is 0 Å². The van der Waals surface area contributed by atoms with Crippen molar-refractivity contribution in [2.45, 2.75) is 63.2 Å². The van der Waals surface area contributed by atoms with Gasteiger partial charge in [-0.25, -0.2) is 0 Å². The van der Waals surface area contributed by atoms with Crippen molar-refractivity contribution in [3.05, 3.63) is 0 Å². The largest absolute Gasteiger partial charge is 0.355 e. The van der Waals surface area contributed by atoms with Crippen LogP contribution in [0, 0.1) is 17.2 Å². The molecule has 2 aliphatic heterocycles. The summed E-state index contributed by atoms with van der Waals surface area (Å²) in [7, 11) is 0. The lowest BCUT2D eigenvalue weighted by atomic mass is 9.76. The summed E-state index contributed by atoms with van der Waals surface area (Å²) in [4.78, 5) is 26.0. The zero-order valence-electron chi connectivity index (χ0n) is 11.1. The maximum atomic E-state index is 12.4. The van der Waals surface area contributed by atoms with Crippen LogP contribution >= 0.6 is 0 Å². The molecule has 2 bridgehead atoms. The Bertz CT molecular complexity index is 438. The number of ether oxygens (including phenoxy) is 1. The molecule has 19 heavy (non-hydrogen) atoms. The molecule has 2 saturated heterocycles. The zero-order valence-corrected chi connectivity index (χ0v) is 11.1. The minimum atomic E-state index is -0.925. The number of likely N-dealkylation sites (tertiary alicyclic amines) is 1. The fourth-order valence-corrected chi connectivity index (χ4v) is 3.44. The molecule has 1 aliphatic carbocycles. The SMILES string of the molecule is CC1CCC(C#N)(N2C(=O)C3CCC(O3)C2=O)CC1. The lowest BCUT2D eigenvalue weighted by molar-refractivity contribution is -0.175. The third kappa shape index (κ3) is 1.78. The fourth-order valence-electron chi connectivity index (χ4n) is 3.44. The first-order valence-electron chi connectivity index (χ1n) is 7.02. The summed E-state index contributed by atoms with van der Waals surface area (Å²) < 4.78 is 5.40. The van der Waals surface area contributed by atoms with Gasteiger partial charge in [0.1, 0.15) is 17.7 Å². The van der Waals surface area contributed by atoms with Crippen LogP contribution in [-0.4, -0.2) is 34.5 Å². The van der Waals surface area contributed by atoms with Crippen LogP contribution in [0.2, 0.25) is 0 Å². The highest BCUT2D eigenvalue weighted by Gasteiger charge is 2.55. The molecule has 1 saturated carbocycles. The molecular formula is C14H18N2O3. The lowest BCUT2D eigenvalue weighted by Gasteiger charge is -2.44. The predicted molar refractivity (Wildman–Crippen MR) is 65.7 cm³/mol. The Morgan fingerprint density at radius 3 is 2.16 bits per heavy atom. The van der Waals surface area contributed by atoms with Crippen molar-refractivity contribution < 1.29 is 14.3 Å². The van der Waals surface area contributed by atoms with Crippen LogP contribution in [0.15, 0.2) is 0 Å². The molecule has 0 aromatic carbocycles. The number of morpholine rings is 1. The number of hydrogen-bond acceptors (Lipinski definition) is 4. The van der Waals surface area contributed by atoms with Gasteiger partial charge in [0.05, 0.1) is 6.07 Å². The summed E-state index contributed by atoms with van der Waals surface area (Å²) >= 11 is 0. The van der Waals surface area contributed by atoms with E-state index in [0.29, 0.717) is 31.6 Å². The highest BCUT2D eigenvalue weighted by atomic mass is 16.5. The Morgan fingerprint density at radius 1 is 1.16 bits per heavy atom. The molecule has 2 atom stereocenters. The highest BCUT2D eigenvalue weighted by Crippen LogP contribution is 2.40. The standard InChI is InChI=1S/C14H18N2O3/c1-9-4-6-14(8-15,7-5-9)16-12(17)10-2-3-11(19-10)13(16)18/h9-11H,2-7H2,1H3. The number of rotatable bonds is 1. The number of carbonyl (C=O) groups is 2. The van der Waals surface area contributed by atoms with E-state index >= 15 is 0 Å². The average molecular weight is 262 g/mol. The van der Waals surface area contributed by atoms with Crippen LogP contribution in [0.5, 0.6) is 0 Å². The van der Waals surface area contributed by atoms with E-state index in [0.717, 1.165) is 12.8 Å². The molecule has 0 aromatic rings. The van der Waals surface area contributed by atoms with E-state index in [2.05, 4.69) is 13.0 Å². The van der Waals surface area contributed by atoms with Gasteiger partial charge in [-0.3, -0.25) is 14.5 Å². The molecule has 102 valence electrons. The molecule has 5 heteroatoms. The molecule has 2 heterocycles. The Balaban J connectivity index is 1.93. The lowest BCUT2D eigenvalue weighted by Crippen LogP contribution is -2.62. The average Bonchev–Trinajstić information content (AvgIpc) is 2.86. The number of hydrogen-bond donors (Lipinski definition) is 0. The molecular weight excluding hydrogens is 244 g/mol. The van der Waals surface area contributed by atoms with Gasteiger partial charge in [-0.15, -0.1) is 0 Å². The number of nitrogens with zero attached hydrogens (tertiary/aromatic N) is 2. The maximum Gasteiger partial charge on any atom is 0.259 e. The third-order valence-electron chi connectivity index (χ3n) is 4.75. The van der Waals surface area contributed by atoms with E-state index in [1.165, 1.54) is 4.90 Å². The minimum Gasteiger partial charge on any atom is -0.355 e. The molecule has 0 N–H and O–H groups in total. The second-order valence-electron chi connectivity index (χ2n) is 6.03. The molecule has 2 amide bonds. The summed E-state index contributed by atoms with van der Waals surface area (Å²) in [6.07, 6.45) is 3.16. The van der Waals surface area contributed by atoms with Gasteiger partial charge in [0.25, 0.3) is 11.8 Å². The second-order valence-corrected chi connectivity index (χ2v) is 6.03. The van der Waals surface area contributed by atoms with Gasteiger partial charge in [-0.2, -0.15) is 5.26 Å². The molecule has 3 aliphatic rings. The van der Waals surface area contributed by atoms with Gasteiger partial charge < -0.3 is 4.74 Å². The number of fused-ring (bicyclic) bond motifs is 2. The summed E-state index contributed by atoms with van der Waals surface area (Å²) in [5.74, 6) is -0.0332. The second kappa shape index (κ2) is 4.31. The zero-order chi connectivity index (χ0) is 13.6. The van der Waals surface area contributed by atoms with E-state index in [1.807, 2.05) is 0 Å². The third-order valence-corrected chi connectivity index (χ3v) is 4.75. The molecule has 0 spiro atoms. The van der Waals surface area contributed by atoms with Crippen LogP contribution in [0.4, 0.5) is 0 Å². The van der Waals surface area contributed by atoms with E-state index < -0.39 is 17.7 Å². The summed E-state index contributed by atoms with van der Waals surface area (Å²) in [6.45, 7) is 2.15. The quantitative estimate of drug-likeness (QED) is 0.669. The maximum absolute atomic E-state index is 12.4. The van der Waals surface area contributed by atoms with Crippen molar-refractivity contribution in [1.82, 2.24) is 4.90 Å². The Hall–Kier alpha value is -1.41. The number of nitriles is 1. The van der Waals surface area contributed by atoms with Gasteiger partial charge in [-0.1, -0.05) is 6.92 Å². The van der Waals surface area contributed by atoms with Crippen LogP contribution < -0.4 is 0 Å². The molecule has 5 nitrogen and oxygen atoms in total. The molecule has 3 rings (SSSR count). The van der Waals surface area contributed by atoms with E-state index in [1.54, 1.807) is 0 Å². The topological polar surface area (TPSA) is 70.4 Å². The summed E-state index contributed by atoms with van der Waals surface area (Å²) in [5, 5.41) is 9.57. The Labute approximate surface area is 112 Å². The molecule has 0 aromatic heterocycles. The normalized spacial score (nSPS) is 42.3. The van der Waals surface area contributed by atoms with Crippen molar-refractivity contribution >= 4 is 11.8 Å². The van der Waals surface area contributed by atoms with E-state index in [4.69, 9.17) is 4.74 Å². The van der Waals surface area contributed by atoms with Crippen molar-refractivity contribution in [2.75, 3.05) is 0 Å². The first-order valence-corrected chi connectivity index (χ1v) is 7.02. The molecule has 2 unspecified atom stereocenters. The smallest absolute Gasteiger partial charge is 0.259 e. The first-order chi connectivity index (χ1) is 9.07. The monoisotopic (exact) mass is 262 g/mol. The predicted octanol–water partition coefficient (Wildman–Crippen LogP) is 1.38. The van der Waals surface area contributed by atoms with Crippen LogP contribution in [-0.2, 0) is 14.3 Å². The highest BCUT2D eigenvalue weighted by molar-refractivity contribution is 6.03. The fraction of sp³-hybridized carbons (Fsp3) is 0.786. The van der Waals surface area contributed by atoms with Gasteiger partial charge in [0.2, 0.25) is 0 Å². The number of carbonyl (C=O) groups excluding carboxylic acids is 2. The van der Waals surface area contributed by atoms with Gasteiger partial charge in [0, 0.05) is 0 Å². The minimum absolute atomic E-state index is 0.296. The number of imide groups is 1. The van der Waals surface area contributed by atoms with Crippen molar-refractivity contribution in [3.63, 3.8) is 0 Å². The number of amides is 2. The van der Waals surface area contributed by atoms with Crippen molar-refractivity contribution in [3.8, 4) is 6.07 Å². The van der Waals surface area contributed by atoms with Crippen LogP contribution in [0.25, 0.3) is 0 Å². The first kappa shape index (κ1) is 12.6.